The Kier molecular flexibility index (Phi) is 1.34. The van der Waals surface area contributed by atoms with Gasteiger partial charge < -0.3 is 15.2 Å². The third kappa shape index (κ3) is 1.10. The minimum absolute atomic E-state index is 0.117. The second-order valence-electron chi connectivity index (χ2n) is 1.63. The van der Waals surface area contributed by atoms with Crippen molar-refractivity contribution in [2.24, 2.45) is 0 Å². The van der Waals surface area contributed by atoms with Gasteiger partial charge in [0.15, 0.2) is 0 Å². The number of β-amino-alcohol motifs (C(OH)–C–C–N with tert-alkyl or cyclic N) is 1. The summed E-state index contributed by atoms with van der Waals surface area (Å²) in [7, 11) is 0. The molecule has 1 rings (SSSR count). The number of rotatable bonds is 0. The van der Waals surface area contributed by atoms with Gasteiger partial charge in [-0.2, -0.15) is 0 Å². The molecule has 1 amide bonds. The lowest BCUT2D eigenvalue weighted by Gasteiger charge is -2.17. The predicted molar refractivity (Wildman–Crippen MR) is 25.4 cm³/mol. The second kappa shape index (κ2) is 2.00. The zero-order valence-corrected chi connectivity index (χ0v) is 4.26. The molecular formula is C4H7NO3. The van der Waals surface area contributed by atoms with Crippen molar-refractivity contribution in [2.75, 3.05) is 13.2 Å². The molecule has 1 heterocycles. The maximum absolute atomic E-state index is 10.2. The van der Waals surface area contributed by atoms with Crippen molar-refractivity contribution >= 4 is 6.09 Å². The number of ether oxygens (including phenoxy) is 1. The van der Waals surface area contributed by atoms with Gasteiger partial charge >= 0.3 is 6.09 Å². The van der Waals surface area contributed by atoms with Crippen LogP contribution >= 0.6 is 0 Å². The summed E-state index contributed by atoms with van der Waals surface area (Å²) < 4.78 is 4.39. The number of aliphatic hydroxyl groups excluding tert-OH is 1. The Morgan fingerprint density at radius 3 is 3.00 bits per heavy atom. The minimum Gasteiger partial charge on any atom is -0.447 e. The molecule has 2 N–H and O–H groups in total. The molecule has 1 aliphatic heterocycles. The van der Waals surface area contributed by atoms with Crippen LogP contribution in [-0.4, -0.2) is 30.5 Å². The van der Waals surface area contributed by atoms with Crippen molar-refractivity contribution in [3.05, 3.63) is 0 Å². The van der Waals surface area contributed by atoms with Crippen molar-refractivity contribution in [1.29, 1.82) is 0 Å². The van der Waals surface area contributed by atoms with Crippen LogP contribution in [0.3, 0.4) is 0 Å². The molecule has 46 valence electrons. The van der Waals surface area contributed by atoms with E-state index in [0.29, 0.717) is 6.54 Å². The lowest BCUT2D eigenvalue weighted by atomic mass is 10.3. The van der Waals surface area contributed by atoms with E-state index in [1.807, 2.05) is 0 Å². The minimum atomic E-state index is -0.535. The maximum Gasteiger partial charge on any atom is 0.407 e. The highest BCUT2D eigenvalue weighted by Crippen LogP contribution is 1.90. The smallest absolute Gasteiger partial charge is 0.407 e. The topological polar surface area (TPSA) is 58.6 Å². The van der Waals surface area contributed by atoms with Crippen LogP contribution in [0.5, 0.6) is 0 Å². The summed E-state index contributed by atoms with van der Waals surface area (Å²) in [6.45, 7) is 0.421. The van der Waals surface area contributed by atoms with Gasteiger partial charge in [-0.1, -0.05) is 0 Å². The van der Waals surface area contributed by atoms with Gasteiger partial charge in [-0.15, -0.1) is 0 Å². The van der Waals surface area contributed by atoms with Gasteiger partial charge in [0.2, 0.25) is 0 Å². The lowest BCUT2D eigenvalue weighted by molar-refractivity contribution is 0.0433. The number of amides is 1. The van der Waals surface area contributed by atoms with E-state index in [1.165, 1.54) is 0 Å². The molecular weight excluding hydrogens is 110 g/mol. The van der Waals surface area contributed by atoms with E-state index < -0.39 is 12.2 Å². The van der Waals surface area contributed by atoms with Crippen LogP contribution in [0.25, 0.3) is 0 Å². The number of hydrogen-bond acceptors (Lipinski definition) is 3. The van der Waals surface area contributed by atoms with E-state index in [9.17, 15) is 4.79 Å². The van der Waals surface area contributed by atoms with Gasteiger partial charge in [-0.3, -0.25) is 0 Å². The molecule has 0 spiro atoms. The molecule has 0 radical (unpaired) electrons. The van der Waals surface area contributed by atoms with Crippen molar-refractivity contribution in [2.45, 2.75) is 6.10 Å². The van der Waals surface area contributed by atoms with Gasteiger partial charge in [0, 0.05) is 0 Å². The molecule has 1 saturated heterocycles. The number of carbonyl (C=O) groups excluding carboxylic acids is 1. The molecule has 0 saturated carbocycles. The van der Waals surface area contributed by atoms with E-state index >= 15 is 0 Å². The molecule has 0 bridgehead atoms. The van der Waals surface area contributed by atoms with E-state index in [1.54, 1.807) is 0 Å². The summed E-state index contributed by atoms with van der Waals surface area (Å²) in [4.78, 5) is 10.2. The largest absolute Gasteiger partial charge is 0.447 e. The van der Waals surface area contributed by atoms with Gasteiger partial charge in [0.05, 0.1) is 6.54 Å². The van der Waals surface area contributed by atoms with Gasteiger partial charge in [0.25, 0.3) is 0 Å². The van der Waals surface area contributed by atoms with Crippen molar-refractivity contribution in [1.82, 2.24) is 5.32 Å². The zero-order valence-electron chi connectivity index (χ0n) is 4.26. The van der Waals surface area contributed by atoms with Gasteiger partial charge in [0.1, 0.15) is 12.7 Å². The first-order valence-electron chi connectivity index (χ1n) is 2.38. The van der Waals surface area contributed by atoms with Gasteiger partial charge in [-0.05, 0) is 0 Å². The van der Waals surface area contributed by atoms with Crippen molar-refractivity contribution in [3.63, 3.8) is 0 Å². The summed E-state index contributed by atoms with van der Waals surface area (Å²) in [5, 5.41) is 11.0. The highest BCUT2D eigenvalue weighted by atomic mass is 16.6. The summed E-state index contributed by atoms with van der Waals surface area (Å²) in [6, 6.07) is 0. The molecule has 1 fully saturated rings. The van der Waals surface area contributed by atoms with Crippen LogP contribution in [-0.2, 0) is 4.74 Å². The summed E-state index contributed by atoms with van der Waals surface area (Å²) in [5.41, 5.74) is 0. The number of alkyl carbamates (subject to hydrolysis) is 1. The Balaban J connectivity index is 2.29. The molecule has 0 aliphatic carbocycles. The first-order chi connectivity index (χ1) is 3.79. The van der Waals surface area contributed by atoms with E-state index in [2.05, 4.69) is 10.1 Å². The van der Waals surface area contributed by atoms with Crippen LogP contribution in [0.2, 0.25) is 0 Å². The number of cyclic esters (lactones) is 1. The van der Waals surface area contributed by atoms with Crippen LogP contribution in [0.15, 0.2) is 0 Å². The average molecular weight is 117 g/mol. The summed E-state index contributed by atoms with van der Waals surface area (Å²) in [6.07, 6.45) is -0.983. The molecule has 0 aromatic rings. The Bertz CT molecular complexity index is 93.5. The molecule has 4 nitrogen and oxygen atoms in total. The van der Waals surface area contributed by atoms with Crippen LogP contribution in [0.4, 0.5) is 4.79 Å². The highest BCUT2D eigenvalue weighted by Gasteiger charge is 2.14. The number of hydrogen-bond donors (Lipinski definition) is 2. The number of carbonyl (C=O) groups is 1. The van der Waals surface area contributed by atoms with Crippen LogP contribution in [0.1, 0.15) is 0 Å². The molecule has 4 heteroatoms. The summed E-state index contributed by atoms with van der Waals surface area (Å²) >= 11 is 0. The van der Waals surface area contributed by atoms with Crippen LogP contribution < -0.4 is 5.32 Å². The monoisotopic (exact) mass is 117 g/mol. The van der Waals surface area contributed by atoms with E-state index in [4.69, 9.17) is 5.11 Å². The quantitative estimate of drug-likeness (QED) is 0.431. The zero-order chi connectivity index (χ0) is 5.98. The third-order valence-electron chi connectivity index (χ3n) is 0.889. The highest BCUT2D eigenvalue weighted by molar-refractivity contribution is 5.67. The maximum atomic E-state index is 10.2. The van der Waals surface area contributed by atoms with E-state index in [-0.39, 0.29) is 6.61 Å². The fraction of sp³-hybridized carbons (Fsp3) is 0.750. The average Bonchev–Trinajstić information content (AvgIpc) is 1.77. The molecule has 1 atom stereocenters. The first-order valence-corrected chi connectivity index (χ1v) is 2.38. The normalized spacial score (nSPS) is 28.6. The van der Waals surface area contributed by atoms with Crippen molar-refractivity contribution < 1.29 is 14.6 Å². The molecule has 1 unspecified atom stereocenters. The van der Waals surface area contributed by atoms with Crippen LogP contribution in [0, 0.1) is 0 Å². The Labute approximate surface area is 46.4 Å². The second-order valence-corrected chi connectivity index (χ2v) is 1.63. The van der Waals surface area contributed by atoms with Gasteiger partial charge in [-0.25, -0.2) is 4.79 Å². The van der Waals surface area contributed by atoms with E-state index in [0.717, 1.165) is 0 Å². The van der Waals surface area contributed by atoms with Crippen molar-refractivity contribution in [3.8, 4) is 0 Å². The lowest BCUT2D eigenvalue weighted by Crippen LogP contribution is -2.41. The fourth-order valence-electron chi connectivity index (χ4n) is 0.483. The Hall–Kier alpha value is -0.770. The molecule has 0 aromatic carbocycles. The predicted octanol–water partition coefficient (Wildman–Crippen LogP) is -0.913. The summed E-state index contributed by atoms with van der Waals surface area (Å²) in [5.74, 6) is 0. The molecule has 0 aromatic heterocycles. The first kappa shape index (κ1) is 5.37. The Morgan fingerprint density at radius 1 is 1.88 bits per heavy atom. The fourth-order valence-corrected chi connectivity index (χ4v) is 0.483. The molecule has 1 aliphatic rings. The standard InChI is InChI=1S/C4H7NO3/c6-3-1-5-4(7)8-2-3/h3,6H,1-2H2,(H,5,7). The third-order valence-corrected chi connectivity index (χ3v) is 0.889. The number of nitrogens with one attached hydrogen (secondary N) is 1. The Morgan fingerprint density at radius 2 is 2.62 bits per heavy atom. The molecule has 8 heavy (non-hydrogen) atoms. The SMILES string of the molecule is O=C1NCC(O)CO1. The number of aliphatic hydroxyl groups is 1.